The Morgan fingerprint density at radius 2 is 1.87 bits per heavy atom. The van der Waals surface area contributed by atoms with Crippen LogP contribution in [0, 0.1) is 0 Å². The van der Waals surface area contributed by atoms with E-state index in [0.717, 1.165) is 10.6 Å². The number of nitrogens with two attached hydrogens (primary N) is 1. The summed E-state index contributed by atoms with van der Waals surface area (Å²) in [6.45, 7) is 0. The highest BCUT2D eigenvalue weighted by Crippen LogP contribution is 2.26. The zero-order valence-electron chi connectivity index (χ0n) is 7.48. The summed E-state index contributed by atoms with van der Waals surface area (Å²) in [6.07, 6.45) is 0. The van der Waals surface area contributed by atoms with Gasteiger partial charge >= 0.3 is 0 Å². The molecule has 1 aromatic carbocycles. The first-order chi connectivity index (χ1) is 6.79. The molecule has 0 saturated carbocycles. The molecule has 80 valence electrons. The summed E-state index contributed by atoms with van der Waals surface area (Å²) in [7, 11) is 0. The van der Waals surface area contributed by atoms with Gasteiger partial charge in [0, 0.05) is 10.6 Å². The van der Waals surface area contributed by atoms with Crippen molar-refractivity contribution in [1.29, 1.82) is 0 Å². The van der Waals surface area contributed by atoms with E-state index in [4.69, 9.17) is 17.4 Å². The lowest BCUT2D eigenvalue weighted by atomic mass is 10.2. The lowest BCUT2D eigenvalue weighted by Gasteiger charge is -1.93. The molecule has 2 aromatic rings. The fourth-order valence-electron chi connectivity index (χ4n) is 0.991. The largest absolute Gasteiger partial charge is 0.298 e. The summed E-state index contributed by atoms with van der Waals surface area (Å²) in [5.74, 6) is 5.20. The van der Waals surface area contributed by atoms with Crippen molar-refractivity contribution in [2.45, 2.75) is 0 Å². The van der Waals surface area contributed by atoms with Crippen LogP contribution in [0.4, 0.5) is 5.13 Å². The Bertz CT molecular complexity index is 428. The summed E-state index contributed by atoms with van der Waals surface area (Å²) in [4.78, 5) is 0. The fraction of sp³-hybridized carbons (Fsp3) is 0. The Balaban J connectivity index is 0.00000112. The minimum Gasteiger partial charge on any atom is -0.298 e. The number of benzene rings is 1. The number of halogens is 2. The molecule has 1 heterocycles. The molecule has 0 saturated heterocycles. The van der Waals surface area contributed by atoms with Gasteiger partial charge in [0.05, 0.1) is 0 Å². The van der Waals surface area contributed by atoms with Crippen LogP contribution in [0.3, 0.4) is 0 Å². The molecule has 2 rings (SSSR count). The maximum Gasteiger partial charge on any atom is 0.220 e. The number of nitrogens with zero attached hydrogens (tertiary/aromatic N) is 2. The van der Waals surface area contributed by atoms with E-state index >= 15 is 0 Å². The van der Waals surface area contributed by atoms with E-state index in [0.29, 0.717) is 10.2 Å². The molecule has 0 aliphatic heterocycles. The van der Waals surface area contributed by atoms with Gasteiger partial charge in [0.25, 0.3) is 0 Å². The molecule has 15 heavy (non-hydrogen) atoms. The molecular weight excluding hydrogens is 255 g/mol. The second-order valence-corrected chi connectivity index (χ2v) is 3.98. The van der Waals surface area contributed by atoms with E-state index in [1.165, 1.54) is 11.3 Å². The maximum absolute atomic E-state index is 5.77. The summed E-state index contributed by atoms with van der Waals surface area (Å²) in [5, 5.41) is 9.91. The standard InChI is InChI=1S/C8H7ClN4S.ClH/c9-6-3-1-5(2-4-6)7-12-13-8(11-10)14-7;/h1-4H,10H2,(H,11,13);1H. The average molecular weight is 263 g/mol. The Kier molecular flexibility index (Phi) is 4.28. The van der Waals surface area contributed by atoms with Crippen molar-refractivity contribution in [2.24, 2.45) is 5.84 Å². The molecule has 0 radical (unpaired) electrons. The predicted molar refractivity (Wildman–Crippen MR) is 65.4 cm³/mol. The molecular formula is C8H8Cl2N4S. The van der Waals surface area contributed by atoms with E-state index in [1.807, 2.05) is 24.3 Å². The van der Waals surface area contributed by atoms with Crippen LogP contribution in [0.2, 0.25) is 5.02 Å². The normalized spacial score (nSPS) is 9.47. The summed E-state index contributed by atoms with van der Waals surface area (Å²) >= 11 is 7.16. The van der Waals surface area contributed by atoms with E-state index in [1.54, 1.807) is 0 Å². The van der Waals surface area contributed by atoms with Gasteiger partial charge in [-0.15, -0.1) is 22.6 Å². The number of hydrogen-bond donors (Lipinski definition) is 2. The van der Waals surface area contributed by atoms with Crippen LogP contribution in [-0.4, -0.2) is 10.2 Å². The number of hydrogen-bond acceptors (Lipinski definition) is 5. The van der Waals surface area contributed by atoms with Crippen molar-refractivity contribution in [1.82, 2.24) is 10.2 Å². The van der Waals surface area contributed by atoms with Crippen molar-refractivity contribution >= 4 is 40.5 Å². The van der Waals surface area contributed by atoms with Crippen molar-refractivity contribution in [3.63, 3.8) is 0 Å². The number of nitrogens with one attached hydrogen (secondary N) is 1. The van der Waals surface area contributed by atoms with Gasteiger partial charge in [-0.25, -0.2) is 5.84 Å². The van der Waals surface area contributed by atoms with Gasteiger partial charge in [-0.2, -0.15) is 0 Å². The Labute approximate surface area is 102 Å². The number of hydrazine groups is 1. The van der Waals surface area contributed by atoms with Gasteiger partial charge in [0.2, 0.25) is 5.13 Å². The number of nitrogen functional groups attached to an aromatic ring is 1. The van der Waals surface area contributed by atoms with Crippen LogP contribution < -0.4 is 11.3 Å². The summed E-state index contributed by atoms with van der Waals surface area (Å²) < 4.78 is 0. The smallest absolute Gasteiger partial charge is 0.220 e. The van der Waals surface area contributed by atoms with Gasteiger partial charge in [-0.3, -0.25) is 5.43 Å². The van der Waals surface area contributed by atoms with Crippen molar-refractivity contribution in [2.75, 3.05) is 5.43 Å². The summed E-state index contributed by atoms with van der Waals surface area (Å²) in [6, 6.07) is 7.41. The third kappa shape index (κ3) is 2.79. The van der Waals surface area contributed by atoms with Crippen LogP contribution in [0.15, 0.2) is 24.3 Å². The monoisotopic (exact) mass is 262 g/mol. The van der Waals surface area contributed by atoms with Gasteiger partial charge in [0.15, 0.2) is 0 Å². The highest BCUT2D eigenvalue weighted by atomic mass is 35.5. The van der Waals surface area contributed by atoms with Crippen molar-refractivity contribution < 1.29 is 0 Å². The Morgan fingerprint density at radius 1 is 1.20 bits per heavy atom. The van der Waals surface area contributed by atoms with E-state index in [2.05, 4.69) is 15.6 Å². The quantitative estimate of drug-likeness (QED) is 0.645. The molecule has 0 aliphatic rings. The van der Waals surface area contributed by atoms with Crippen LogP contribution in [-0.2, 0) is 0 Å². The van der Waals surface area contributed by atoms with Gasteiger partial charge < -0.3 is 0 Å². The van der Waals surface area contributed by atoms with Gasteiger partial charge in [-0.05, 0) is 12.1 Å². The SMILES string of the molecule is Cl.NNc1nnc(-c2ccc(Cl)cc2)s1. The molecule has 3 N–H and O–H groups in total. The first kappa shape index (κ1) is 12.2. The molecule has 0 atom stereocenters. The minimum atomic E-state index is 0. The second-order valence-electron chi connectivity index (χ2n) is 2.56. The molecule has 4 nitrogen and oxygen atoms in total. The van der Waals surface area contributed by atoms with Crippen LogP contribution >= 0.6 is 35.3 Å². The lowest BCUT2D eigenvalue weighted by Crippen LogP contribution is -2.05. The van der Waals surface area contributed by atoms with E-state index in [9.17, 15) is 0 Å². The van der Waals surface area contributed by atoms with Gasteiger partial charge in [0.1, 0.15) is 5.01 Å². The Hall–Kier alpha value is -0.880. The fourth-order valence-corrected chi connectivity index (χ4v) is 1.78. The van der Waals surface area contributed by atoms with Crippen molar-refractivity contribution in [3.05, 3.63) is 29.3 Å². The number of aromatic nitrogens is 2. The highest BCUT2D eigenvalue weighted by Gasteiger charge is 2.04. The first-order valence-electron chi connectivity index (χ1n) is 3.85. The second kappa shape index (κ2) is 5.27. The molecule has 0 spiro atoms. The predicted octanol–water partition coefficient (Wildman–Crippen LogP) is 2.57. The average Bonchev–Trinajstić information content (AvgIpc) is 2.67. The first-order valence-corrected chi connectivity index (χ1v) is 5.05. The topological polar surface area (TPSA) is 63.8 Å². The number of anilines is 1. The molecule has 7 heteroatoms. The van der Waals surface area contributed by atoms with Crippen LogP contribution in [0.25, 0.3) is 10.6 Å². The lowest BCUT2D eigenvalue weighted by molar-refractivity contribution is 1.08. The van der Waals surface area contributed by atoms with Crippen LogP contribution in [0.5, 0.6) is 0 Å². The third-order valence-electron chi connectivity index (χ3n) is 1.64. The molecule has 1 aromatic heterocycles. The molecule has 0 fully saturated rings. The van der Waals surface area contributed by atoms with E-state index < -0.39 is 0 Å². The zero-order valence-corrected chi connectivity index (χ0v) is 9.86. The molecule has 0 amide bonds. The van der Waals surface area contributed by atoms with Gasteiger partial charge in [-0.1, -0.05) is 35.1 Å². The Morgan fingerprint density at radius 3 is 2.40 bits per heavy atom. The highest BCUT2D eigenvalue weighted by molar-refractivity contribution is 7.18. The molecule has 0 bridgehead atoms. The van der Waals surface area contributed by atoms with Crippen molar-refractivity contribution in [3.8, 4) is 10.6 Å². The zero-order chi connectivity index (χ0) is 9.97. The van der Waals surface area contributed by atoms with Crippen LogP contribution in [0.1, 0.15) is 0 Å². The molecule has 0 aliphatic carbocycles. The van der Waals surface area contributed by atoms with E-state index in [-0.39, 0.29) is 12.4 Å². The molecule has 0 unspecified atom stereocenters. The third-order valence-corrected chi connectivity index (χ3v) is 2.80. The minimum absolute atomic E-state index is 0. The maximum atomic E-state index is 5.77. The summed E-state index contributed by atoms with van der Waals surface area (Å²) in [5.41, 5.74) is 3.43. The number of rotatable bonds is 2.